The van der Waals surface area contributed by atoms with Crippen molar-refractivity contribution >= 4 is 0 Å². The molecule has 0 aliphatic heterocycles. The first-order valence-corrected chi connectivity index (χ1v) is 3.33. The van der Waals surface area contributed by atoms with Gasteiger partial charge in [-0.25, -0.2) is 0 Å². The van der Waals surface area contributed by atoms with Crippen molar-refractivity contribution in [3.05, 3.63) is 24.3 Å². The van der Waals surface area contributed by atoms with Gasteiger partial charge in [0.2, 0.25) is 0 Å². The number of hydrogen-bond acceptors (Lipinski definition) is 2. The molecule has 0 saturated heterocycles. The van der Waals surface area contributed by atoms with E-state index in [1.807, 2.05) is 0 Å². The summed E-state index contributed by atoms with van der Waals surface area (Å²) in [5, 5.41) is 18.2. The molecule has 1 saturated carbocycles. The molecule has 10 heavy (non-hydrogen) atoms. The average molecular weight is 140 g/mol. The molecule has 56 valence electrons. The first kappa shape index (κ1) is 7.51. The third kappa shape index (κ3) is 1.28. The molecular formula is C8H12O2. The summed E-state index contributed by atoms with van der Waals surface area (Å²) in [7, 11) is 0. The van der Waals surface area contributed by atoms with E-state index < -0.39 is 12.2 Å². The largest absolute Gasteiger partial charge is 0.390 e. The monoisotopic (exact) mass is 140 g/mol. The van der Waals surface area contributed by atoms with Crippen LogP contribution in [0.5, 0.6) is 0 Å². The van der Waals surface area contributed by atoms with Gasteiger partial charge in [-0.15, -0.1) is 0 Å². The van der Waals surface area contributed by atoms with Crippen LogP contribution in [-0.4, -0.2) is 22.4 Å². The summed E-state index contributed by atoms with van der Waals surface area (Å²) in [6, 6.07) is 0. The highest BCUT2D eigenvalue weighted by Gasteiger charge is 2.24. The Labute approximate surface area is 60.5 Å². The second-order valence-electron chi connectivity index (χ2n) is 2.75. The van der Waals surface area contributed by atoms with Crippen molar-refractivity contribution in [1.82, 2.24) is 0 Å². The van der Waals surface area contributed by atoms with E-state index in [0.717, 1.165) is 11.1 Å². The molecule has 0 unspecified atom stereocenters. The van der Waals surface area contributed by atoms with Crippen LogP contribution >= 0.6 is 0 Å². The maximum Gasteiger partial charge on any atom is 0.0842 e. The molecule has 0 radical (unpaired) electrons. The van der Waals surface area contributed by atoms with E-state index in [1.165, 1.54) is 0 Å². The zero-order valence-electron chi connectivity index (χ0n) is 5.88. The average Bonchev–Trinajstić information content (AvgIpc) is 1.84. The van der Waals surface area contributed by atoms with Crippen molar-refractivity contribution in [3.63, 3.8) is 0 Å². The van der Waals surface area contributed by atoms with Crippen LogP contribution in [0.3, 0.4) is 0 Å². The smallest absolute Gasteiger partial charge is 0.0842 e. The van der Waals surface area contributed by atoms with E-state index in [2.05, 4.69) is 13.2 Å². The highest BCUT2D eigenvalue weighted by Crippen LogP contribution is 2.26. The van der Waals surface area contributed by atoms with Crippen LogP contribution in [0.4, 0.5) is 0 Å². The Morgan fingerprint density at radius 3 is 1.60 bits per heavy atom. The maximum atomic E-state index is 9.11. The molecule has 1 aliphatic rings. The molecule has 0 bridgehead atoms. The fourth-order valence-corrected chi connectivity index (χ4v) is 1.07. The van der Waals surface area contributed by atoms with Gasteiger partial charge < -0.3 is 10.2 Å². The van der Waals surface area contributed by atoms with Gasteiger partial charge >= 0.3 is 0 Å². The van der Waals surface area contributed by atoms with Gasteiger partial charge in [0.25, 0.3) is 0 Å². The molecule has 2 N–H and O–H groups in total. The summed E-state index contributed by atoms with van der Waals surface area (Å²) in [5.74, 6) is 0. The second-order valence-corrected chi connectivity index (χ2v) is 2.75. The second kappa shape index (κ2) is 2.56. The first-order chi connectivity index (χ1) is 4.61. The normalized spacial score (nSPS) is 34.6. The van der Waals surface area contributed by atoms with E-state index in [1.54, 1.807) is 0 Å². The molecule has 1 rings (SSSR count). The predicted octanol–water partition coefficient (Wildman–Crippen LogP) is 0.614. The van der Waals surface area contributed by atoms with Crippen LogP contribution in [0.25, 0.3) is 0 Å². The Balaban J connectivity index is 2.63. The zero-order valence-corrected chi connectivity index (χ0v) is 5.88. The van der Waals surface area contributed by atoms with Crippen LogP contribution in [0, 0.1) is 0 Å². The first-order valence-electron chi connectivity index (χ1n) is 3.33. The minimum Gasteiger partial charge on any atom is -0.390 e. The van der Waals surface area contributed by atoms with Gasteiger partial charge in [-0.1, -0.05) is 13.2 Å². The van der Waals surface area contributed by atoms with Gasteiger partial charge in [0.05, 0.1) is 12.2 Å². The molecule has 0 amide bonds. The van der Waals surface area contributed by atoms with Crippen molar-refractivity contribution < 1.29 is 10.2 Å². The molecule has 1 aliphatic carbocycles. The van der Waals surface area contributed by atoms with Crippen LogP contribution in [-0.2, 0) is 0 Å². The Kier molecular flexibility index (Phi) is 1.92. The van der Waals surface area contributed by atoms with Gasteiger partial charge in [0, 0.05) is 12.8 Å². The molecule has 0 aromatic carbocycles. The lowest BCUT2D eigenvalue weighted by molar-refractivity contribution is 0.0139. The van der Waals surface area contributed by atoms with E-state index in [4.69, 9.17) is 10.2 Å². The molecule has 0 heterocycles. The van der Waals surface area contributed by atoms with E-state index in [9.17, 15) is 0 Å². The third-order valence-electron chi connectivity index (χ3n) is 1.86. The van der Waals surface area contributed by atoms with Gasteiger partial charge in [-0.3, -0.25) is 0 Å². The lowest BCUT2D eigenvalue weighted by Crippen LogP contribution is -2.30. The Bertz CT molecular complexity index is 152. The van der Waals surface area contributed by atoms with Crippen LogP contribution in [0.1, 0.15) is 12.8 Å². The van der Waals surface area contributed by atoms with Crippen molar-refractivity contribution in [2.24, 2.45) is 0 Å². The quantitative estimate of drug-likeness (QED) is 0.517. The molecule has 2 heteroatoms. The zero-order chi connectivity index (χ0) is 7.72. The molecule has 0 spiro atoms. The molecule has 0 aromatic heterocycles. The summed E-state index contributed by atoms with van der Waals surface area (Å²) >= 11 is 0. The van der Waals surface area contributed by atoms with Crippen LogP contribution in [0.15, 0.2) is 24.3 Å². The standard InChI is InChI=1S/C8H12O2/c1-5-3-7(9)8(10)4-6(5)2/h7-10H,1-4H2/t7-,8+. The lowest BCUT2D eigenvalue weighted by atomic mass is 9.88. The number of rotatable bonds is 0. The third-order valence-corrected chi connectivity index (χ3v) is 1.86. The SMILES string of the molecule is C=C1C[C@@H](O)[C@@H](O)CC1=C. The summed E-state index contributed by atoms with van der Waals surface area (Å²) in [6.07, 6.45) is -0.365. The van der Waals surface area contributed by atoms with Crippen molar-refractivity contribution in [3.8, 4) is 0 Å². The molecular weight excluding hydrogens is 128 g/mol. The highest BCUT2D eigenvalue weighted by atomic mass is 16.3. The van der Waals surface area contributed by atoms with Crippen LogP contribution in [0.2, 0.25) is 0 Å². The van der Waals surface area contributed by atoms with Crippen LogP contribution < -0.4 is 0 Å². The lowest BCUT2D eigenvalue weighted by Gasteiger charge is -2.26. The molecule has 0 aromatic rings. The predicted molar refractivity (Wildman–Crippen MR) is 39.5 cm³/mol. The summed E-state index contributed by atoms with van der Waals surface area (Å²) in [6.45, 7) is 7.42. The van der Waals surface area contributed by atoms with Gasteiger partial charge in [0.15, 0.2) is 0 Å². The molecule has 2 atom stereocenters. The van der Waals surface area contributed by atoms with Gasteiger partial charge in [0.1, 0.15) is 0 Å². The fourth-order valence-electron chi connectivity index (χ4n) is 1.07. The Morgan fingerprint density at radius 1 is 1.00 bits per heavy atom. The number of hydrogen-bond donors (Lipinski definition) is 2. The summed E-state index contributed by atoms with van der Waals surface area (Å²) < 4.78 is 0. The number of aliphatic hydroxyl groups is 2. The van der Waals surface area contributed by atoms with E-state index in [0.29, 0.717) is 12.8 Å². The Morgan fingerprint density at radius 2 is 1.30 bits per heavy atom. The van der Waals surface area contributed by atoms with Gasteiger partial charge in [-0.05, 0) is 11.1 Å². The minimum absolute atomic E-state index is 0.458. The Hall–Kier alpha value is -0.600. The van der Waals surface area contributed by atoms with Crippen molar-refractivity contribution in [1.29, 1.82) is 0 Å². The minimum atomic E-state index is -0.641. The van der Waals surface area contributed by atoms with E-state index >= 15 is 0 Å². The molecule has 2 nitrogen and oxygen atoms in total. The highest BCUT2D eigenvalue weighted by molar-refractivity contribution is 5.29. The summed E-state index contributed by atoms with van der Waals surface area (Å²) in [5.41, 5.74) is 1.72. The topological polar surface area (TPSA) is 40.5 Å². The molecule has 1 fully saturated rings. The van der Waals surface area contributed by atoms with E-state index in [-0.39, 0.29) is 0 Å². The van der Waals surface area contributed by atoms with Crippen molar-refractivity contribution in [2.45, 2.75) is 25.0 Å². The summed E-state index contributed by atoms with van der Waals surface area (Å²) in [4.78, 5) is 0. The maximum absolute atomic E-state index is 9.11. The van der Waals surface area contributed by atoms with Crippen molar-refractivity contribution in [2.75, 3.05) is 0 Å². The fraction of sp³-hybridized carbons (Fsp3) is 0.500. The van der Waals surface area contributed by atoms with Gasteiger partial charge in [-0.2, -0.15) is 0 Å². The number of aliphatic hydroxyl groups excluding tert-OH is 2.